The van der Waals surface area contributed by atoms with Gasteiger partial charge in [0.25, 0.3) is 0 Å². The lowest BCUT2D eigenvalue weighted by Gasteiger charge is -2.21. The Morgan fingerprint density at radius 3 is 2.56 bits per heavy atom. The minimum Gasteiger partial charge on any atom is -0.357 e. The first-order valence-electron chi connectivity index (χ1n) is 11.1. The van der Waals surface area contributed by atoms with Crippen LogP contribution in [0.2, 0.25) is 0 Å². The molecular formula is C25H29N5OS. The van der Waals surface area contributed by atoms with Gasteiger partial charge in [0.2, 0.25) is 0 Å². The van der Waals surface area contributed by atoms with Crippen molar-refractivity contribution in [3.63, 3.8) is 0 Å². The summed E-state index contributed by atoms with van der Waals surface area (Å²) in [6.07, 6.45) is 8.72. The molecule has 1 fully saturated rings. The molecule has 7 heteroatoms. The third kappa shape index (κ3) is 6.72. The van der Waals surface area contributed by atoms with E-state index >= 15 is 0 Å². The molecule has 0 unspecified atom stereocenters. The number of carbonyl (C=O) groups is 1. The first kappa shape index (κ1) is 22.1. The van der Waals surface area contributed by atoms with Crippen LogP contribution in [0, 0.1) is 0 Å². The maximum absolute atomic E-state index is 12.4. The molecule has 3 aromatic rings. The molecule has 1 aliphatic rings. The third-order valence-corrected chi connectivity index (χ3v) is 6.42. The van der Waals surface area contributed by atoms with Gasteiger partial charge in [-0.05, 0) is 54.3 Å². The van der Waals surface area contributed by atoms with Crippen molar-refractivity contribution in [1.82, 2.24) is 15.3 Å². The van der Waals surface area contributed by atoms with Crippen LogP contribution in [0.15, 0.2) is 72.0 Å². The van der Waals surface area contributed by atoms with Crippen molar-refractivity contribution in [3.05, 3.63) is 78.1 Å². The number of nitrogens with one attached hydrogen (secondary N) is 2. The van der Waals surface area contributed by atoms with Gasteiger partial charge in [-0.1, -0.05) is 37.1 Å². The molecule has 166 valence electrons. The molecule has 2 aromatic heterocycles. The summed E-state index contributed by atoms with van der Waals surface area (Å²) in [5.41, 5.74) is 2.89. The second-order valence-electron chi connectivity index (χ2n) is 7.89. The van der Waals surface area contributed by atoms with E-state index in [1.54, 1.807) is 18.0 Å². The van der Waals surface area contributed by atoms with Gasteiger partial charge in [0.05, 0.1) is 5.03 Å². The minimum absolute atomic E-state index is 0.226. The molecule has 6 nitrogen and oxygen atoms in total. The average Bonchev–Trinajstić information content (AvgIpc) is 3.12. The van der Waals surface area contributed by atoms with Crippen molar-refractivity contribution in [3.8, 4) is 0 Å². The monoisotopic (exact) mass is 447 g/mol. The summed E-state index contributed by atoms with van der Waals surface area (Å²) >= 11 is 1.67. The van der Waals surface area contributed by atoms with Gasteiger partial charge in [0.1, 0.15) is 5.82 Å². The van der Waals surface area contributed by atoms with E-state index in [9.17, 15) is 4.79 Å². The number of anilines is 2. The summed E-state index contributed by atoms with van der Waals surface area (Å²) < 4.78 is 0. The molecule has 32 heavy (non-hydrogen) atoms. The van der Waals surface area contributed by atoms with Gasteiger partial charge in [0.15, 0.2) is 0 Å². The Balaban J connectivity index is 1.25. The van der Waals surface area contributed by atoms with Crippen LogP contribution in [0.3, 0.4) is 0 Å². The van der Waals surface area contributed by atoms with Gasteiger partial charge in [0, 0.05) is 43.5 Å². The summed E-state index contributed by atoms with van der Waals surface area (Å²) in [7, 11) is 0. The van der Waals surface area contributed by atoms with Crippen LogP contribution < -0.4 is 15.5 Å². The number of nitrogens with zero attached hydrogens (tertiary/aromatic N) is 3. The first-order valence-corrected chi connectivity index (χ1v) is 12.1. The molecular weight excluding hydrogens is 418 g/mol. The fraction of sp³-hybridized carbons (Fsp3) is 0.320. The highest BCUT2D eigenvalue weighted by Gasteiger charge is 2.11. The van der Waals surface area contributed by atoms with E-state index in [0.717, 1.165) is 46.5 Å². The van der Waals surface area contributed by atoms with Crippen LogP contribution in [0.25, 0.3) is 0 Å². The van der Waals surface area contributed by atoms with Crippen LogP contribution in [0.4, 0.5) is 16.3 Å². The highest BCUT2D eigenvalue weighted by molar-refractivity contribution is 7.98. The second kappa shape index (κ2) is 11.5. The number of urea groups is 1. The summed E-state index contributed by atoms with van der Waals surface area (Å²) in [6.45, 7) is 2.59. The molecule has 0 saturated carbocycles. The summed E-state index contributed by atoms with van der Waals surface area (Å²) in [5, 5.41) is 6.82. The number of amides is 2. The van der Waals surface area contributed by atoms with Gasteiger partial charge in [-0.3, -0.25) is 0 Å². The molecule has 2 amide bonds. The predicted molar refractivity (Wildman–Crippen MR) is 131 cm³/mol. The molecule has 3 heterocycles. The van der Waals surface area contributed by atoms with Crippen LogP contribution in [-0.2, 0) is 12.3 Å². The summed E-state index contributed by atoms with van der Waals surface area (Å²) in [5.74, 6) is 1.82. The quantitative estimate of drug-likeness (QED) is 0.470. The number of thioether (sulfide) groups is 1. The molecule has 2 N–H and O–H groups in total. The lowest BCUT2D eigenvalue weighted by atomic mass is 10.2. The second-order valence-corrected chi connectivity index (χ2v) is 8.89. The van der Waals surface area contributed by atoms with Crippen LogP contribution in [-0.4, -0.2) is 29.1 Å². The van der Waals surface area contributed by atoms with E-state index in [1.165, 1.54) is 25.7 Å². The van der Waals surface area contributed by atoms with Gasteiger partial charge in [-0.15, -0.1) is 11.8 Å². The predicted octanol–water partition coefficient (Wildman–Crippen LogP) is 5.47. The van der Waals surface area contributed by atoms with E-state index in [2.05, 4.69) is 37.6 Å². The third-order valence-electron chi connectivity index (χ3n) is 5.40. The molecule has 0 aliphatic carbocycles. The van der Waals surface area contributed by atoms with Crippen molar-refractivity contribution >= 4 is 29.3 Å². The number of pyridine rings is 2. The van der Waals surface area contributed by atoms with Gasteiger partial charge < -0.3 is 15.5 Å². The SMILES string of the molecule is O=C(NCc1ccc(N2CCCCCC2)nc1)Nc1cccc(CSc2ccccn2)c1. The number of carbonyl (C=O) groups excluding carboxylic acids is 1. The number of hydrogen-bond acceptors (Lipinski definition) is 5. The van der Waals surface area contributed by atoms with Crippen molar-refractivity contribution in [2.24, 2.45) is 0 Å². The minimum atomic E-state index is -0.226. The smallest absolute Gasteiger partial charge is 0.319 e. The number of hydrogen-bond donors (Lipinski definition) is 2. The summed E-state index contributed by atoms with van der Waals surface area (Å²) in [4.78, 5) is 23.7. The molecule has 1 aliphatic heterocycles. The maximum atomic E-state index is 12.4. The Morgan fingerprint density at radius 2 is 1.81 bits per heavy atom. The van der Waals surface area contributed by atoms with E-state index in [-0.39, 0.29) is 6.03 Å². The number of aromatic nitrogens is 2. The summed E-state index contributed by atoms with van der Waals surface area (Å²) in [6, 6.07) is 17.7. The topological polar surface area (TPSA) is 70.2 Å². The van der Waals surface area contributed by atoms with Crippen molar-refractivity contribution in [2.45, 2.75) is 43.0 Å². The molecule has 4 rings (SSSR count). The van der Waals surface area contributed by atoms with E-state index in [4.69, 9.17) is 0 Å². The van der Waals surface area contributed by atoms with Crippen molar-refractivity contribution in [2.75, 3.05) is 23.3 Å². The van der Waals surface area contributed by atoms with Gasteiger partial charge >= 0.3 is 6.03 Å². The Kier molecular flexibility index (Phi) is 7.98. The van der Waals surface area contributed by atoms with E-state index in [0.29, 0.717) is 6.54 Å². The van der Waals surface area contributed by atoms with Gasteiger partial charge in [-0.2, -0.15) is 0 Å². The average molecular weight is 448 g/mol. The van der Waals surface area contributed by atoms with Crippen LogP contribution >= 0.6 is 11.8 Å². The fourth-order valence-corrected chi connectivity index (χ4v) is 4.50. The molecule has 0 atom stereocenters. The van der Waals surface area contributed by atoms with Crippen LogP contribution in [0.5, 0.6) is 0 Å². The Hall–Kier alpha value is -3.06. The molecule has 0 spiro atoms. The number of benzene rings is 1. The molecule has 0 bridgehead atoms. The standard InChI is InChI=1S/C25H29N5OS/c31-25(28-18-21-11-12-23(27-17-21)30-14-5-1-2-6-15-30)29-22-9-7-8-20(16-22)19-32-24-10-3-4-13-26-24/h3-4,7-13,16-17H,1-2,5-6,14-15,18-19H2,(H2,28,29,31). The fourth-order valence-electron chi connectivity index (χ4n) is 3.69. The Labute approximate surface area is 193 Å². The normalized spacial score (nSPS) is 13.9. The largest absolute Gasteiger partial charge is 0.357 e. The maximum Gasteiger partial charge on any atom is 0.319 e. The Morgan fingerprint density at radius 1 is 0.938 bits per heavy atom. The zero-order valence-corrected chi connectivity index (χ0v) is 19.0. The molecule has 0 radical (unpaired) electrons. The zero-order valence-electron chi connectivity index (χ0n) is 18.2. The highest BCUT2D eigenvalue weighted by Crippen LogP contribution is 2.22. The van der Waals surface area contributed by atoms with Gasteiger partial charge in [-0.25, -0.2) is 14.8 Å². The van der Waals surface area contributed by atoms with Crippen molar-refractivity contribution < 1.29 is 4.79 Å². The lowest BCUT2D eigenvalue weighted by Crippen LogP contribution is -2.28. The molecule has 1 aromatic carbocycles. The molecule has 1 saturated heterocycles. The van der Waals surface area contributed by atoms with Crippen LogP contribution in [0.1, 0.15) is 36.8 Å². The Bertz CT molecular complexity index is 989. The zero-order chi connectivity index (χ0) is 22.0. The van der Waals surface area contributed by atoms with E-state index < -0.39 is 0 Å². The highest BCUT2D eigenvalue weighted by atomic mass is 32.2. The van der Waals surface area contributed by atoms with E-state index in [1.807, 2.05) is 48.7 Å². The van der Waals surface area contributed by atoms with Crippen molar-refractivity contribution in [1.29, 1.82) is 0 Å². The number of rotatable bonds is 7. The first-order chi connectivity index (χ1) is 15.8. The lowest BCUT2D eigenvalue weighted by molar-refractivity contribution is 0.251.